The fourth-order valence-electron chi connectivity index (χ4n) is 8.99. The smallest absolute Gasteiger partial charge is 0.321 e. The van der Waals surface area contributed by atoms with Gasteiger partial charge in [0.05, 0.1) is 45.4 Å². The highest BCUT2D eigenvalue weighted by atomic mass is 16.5. The zero-order valence-electron chi connectivity index (χ0n) is 48.8. The number of phenols is 1. The first-order valence-electron chi connectivity index (χ1n) is 28.8. The van der Waals surface area contributed by atoms with E-state index in [1.165, 1.54) is 12.1 Å². The highest BCUT2D eigenvalue weighted by molar-refractivity contribution is 5.95. The fraction of sp³-hybridized carbons (Fsp3) is 0.517. The Labute approximate surface area is 500 Å². The Morgan fingerprint density at radius 3 is 1.87 bits per heavy atom. The summed E-state index contributed by atoms with van der Waals surface area (Å²) < 4.78 is 11.8. The number of nitrogens with zero attached hydrogens (tertiary/aromatic N) is 5. The van der Waals surface area contributed by atoms with E-state index in [-0.39, 0.29) is 161 Å². The SMILES string of the molecule is CCC(=O)NCCNC(=O)NC(N)=NCCC[C@@H](NC(=O)C(c1ccccc1)c1cccc(OCCCCNC(=O)CCOCCNC(C=O)N2CCN(CC(=O)O)CCN(CC(=O)O)CCN(CC(=O)O)CC2)c1)C(=O)NCc1ccc(O)cc1. The van der Waals surface area contributed by atoms with Crippen molar-refractivity contribution in [2.24, 2.45) is 10.7 Å². The fourth-order valence-corrected chi connectivity index (χ4v) is 8.99. The van der Waals surface area contributed by atoms with Gasteiger partial charge in [0, 0.05) is 104 Å². The predicted molar refractivity (Wildman–Crippen MR) is 317 cm³/mol. The number of nitrogens with one attached hydrogen (secondary N) is 7. The van der Waals surface area contributed by atoms with Gasteiger partial charge in [0.25, 0.3) is 0 Å². The second-order valence-corrected chi connectivity index (χ2v) is 20.2. The average molecular weight is 1200 g/mol. The molecule has 4 rings (SSSR count). The van der Waals surface area contributed by atoms with Crippen molar-refractivity contribution in [2.45, 2.75) is 70.1 Å². The molecule has 3 aromatic rings. The minimum Gasteiger partial charge on any atom is -0.508 e. The number of aliphatic imine (C=N–C) groups is 1. The molecule has 0 saturated carbocycles. The first-order chi connectivity index (χ1) is 41.4. The lowest BCUT2D eigenvalue weighted by Crippen LogP contribution is -2.54. The van der Waals surface area contributed by atoms with Crippen LogP contribution in [0.2, 0.25) is 0 Å². The summed E-state index contributed by atoms with van der Waals surface area (Å²) in [6.07, 6.45) is 1.93. The molecule has 28 nitrogen and oxygen atoms in total. The van der Waals surface area contributed by atoms with Crippen molar-refractivity contribution >= 4 is 59.8 Å². The van der Waals surface area contributed by atoms with Crippen molar-refractivity contribution in [3.63, 3.8) is 0 Å². The van der Waals surface area contributed by atoms with E-state index < -0.39 is 53.9 Å². The van der Waals surface area contributed by atoms with Gasteiger partial charge in [-0.15, -0.1) is 0 Å². The topological polar surface area (TPSA) is 389 Å². The standard InChI is InChI=1S/C58H85N13O15/c1-2-49(74)62-22-23-64-58(84)67-57(59)63-21-9-14-47(55(82)65-37-42-15-17-45(73)18-16-42)66-56(83)54(43-10-4-3-5-11-43)44-12-8-13-46(36-44)86-33-7-6-20-61-50(75)19-34-85-35-24-60-48(41-72)71-31-29-69(39-52(78)79)27-25-68(38-51(76)77)26-28-70(30-32-71)40-53(80)81/h3-5,8,10-13,15-18,36,41,47-48,54,60,73H,2,6-7,9,14,19-35,37-40H2,1H3,(H,61,75)(H,62,74)(H,65,82)(H,66,83)(H,76,77)(H,78,79)(H,80,81)(H4,59,63,64,67,84)/t47-,48?,54?/m1/s1. The quantitative estimate of drug-likeness (QED) is 0.0151. The lowest BCUT2D eigenvalue weighted by Gasteiger charge is -2.35. The minimum atomic E-state index is -1.06. The summed E-state index contributed by atoms with van der Waals surface area (Å²) in [5.41, 5.74) is 7.93. The number of carbonyl (C=O) groups excluding carboxylic acids is 6. The number of rotatable bonds is 36. The summed E-state index contributed by atoms with van der Waals surface area (Å²) in [7, 11) is 0. The molecule has 1 aliphatic rings. The van der Waals surface area contributed by atoms with Gasteiger partial charge in [-0.1, -0.05) is 61.5 Å². The number of aldehydes is 1. The monoisotopic (exact) mass is 1200 g/mol. The molecule has 0 aliphatic carbocycles. The van der Waals surface area contributed by atoms with E-state index in [4.69, 9.17) is 15.2 Å². The number of benzene rings is 3. The van der Waals surface area contributed by atoms with Crippen molar-refractivity contribution in [1.29, 1.82) is 0 Å². The van der Waals surface area contributed by atoms with E-state index in [1.807, 2.05) is 30.3 Å². The third-order valence-corrected chi connectivity index (χ3v) is 13.6. The van der Waals surface area contributed by atoms with Gasteiger partial charge in [0.2, 0.25) is 23.6 Å². The van der Waals surface area contributed by atoms with E-state index in [0.717, 1.165) is 5.56 Å². The molecule has 472 valence electrons. The van der Waals surface area contributed by atoms with Gasteiger partial charge in [-0.05, 0) is 66.6 Å². The molecule has 0 aromatic heterocycles. The van der Waals surface area contributed by atoms with Gasteiger partial charge >= 0.3 is 23.9 Å². The van der Waals surface area contributed by atoms with Crippen LogP contribution >= 0.6 is 0 Å². The van der Waals surface area contributed by atoms with Gasteiger partial charge in [-0.3, -0.25) is 68.8 Å². The first-order valence-corrected chi connectivity index (χ1v) is 28.8. The predicted octanol–water partition coefficient (Wildman–Crippen LogP) is -0.483. The number of amides is 6. The van der Waals surface area contributed by atoms with Crippen LogP contribution in [0.15, 0.2) is 83.9 Å². The molecule has 3 aromatic carbocycles. The summed E-state index contributed by atoms with van der Waals surface area (Å²) in [6.45, 7) is 4.67. The third kappa shape index (κ3) is 29.0. The Bertz CT molecular complexity index is 2600. The maximum Gasteiger partial charge on any atom is 0.321 e. The zero-order chi connectivity index (χ0) is 62.5. The molecule has 28 heteroatoms. The minimum absolute atomic E-state index is 0.0722. The maximum atomic E-state index is 14.5. The Balaban J connectivity index is 1.24. The molecule has 1 fully saturated rings. The van der Waals surface area contributed by atoms with Crippen LogP contribution in [0.1, 0.15) is 68.1 Å². The highest BCUT2D eigenvalue weighted by Crippen LogP contribution is 2.28. The van der Waals surface area contributed by atoms with Gasteiger partial charge in [-0.2, -0.15) is 0 Å². The molecule has 1 heterocycles. The molecule has 1 aliphatic heterocycles. The van der Waals surface area contributed by atoms with Crippen LogP contribution in [0.3, 0.4) is 0 Å². The van der Waals surface area contributed by atoms with Crippen LogP contribution in [-0.4, -0.2) is 237 Å². The summed E-state index contributed by atoms with van der Waals surface area (Å²) in [6, 6.07) is 20.9. The van der Waals surface area contributed by atoms with Crippen LogP contribution < -0.4 is 47.7 Å². The van der Waals surface area contributed by atoms with Crippen molar-refractivity contribution in [2.75, 3.05) is 125 Å². The van der Waals surface area contributed by atoms with Crippen molar-refractivity contribution in [3.05, 3.63) is 95.6 Å². The number of guanidine groups is 1. The van der Waals surface area contributed by atoms with E-state index in [2.05, 4.69) is 42.2 Å². The van der Waals surface area contributed by atoms with Crippen LogP contribution in [0, 0.1) is 0 Å². The van der Waals surface area contributed by atoms with E-state index in [1.54, 1.807) is 62.9 Å². The summed E-state index contributed by atoms with van der Waals surface area (Å²) in [4.78, 5) is 123. The summed E-state index contributed by atoms with van der Waals surface area (Å²) in [5, 5.41) is 57.7. The molecule has 13 N–H and O–H groups in total. The van der Waals surface area contributed by atoms with Crippen LogP contribution in [-0.2, 0) is 49.6 Å². The molecule has 3 atom stereocenters. The molecular weight excluding hydrogens is 1120 g/mol. The molecule has 86 heavy (non-hydrogen) atoms. The number of urea groups is 1. The normalized spacial score (nSPS) is 15.1. The zero-order valence-corrected chi connectivity index (χ0v) is 48.8. The number of carboxylic acids is 3. The third-order valence-electron chi connectivity index (χ3n) is 13.6. The van der Waals surface area contributed by atoms with Crippen LogP contribution in [0.4, 0.5) is 4.79 Å². The Kier molecular flexibility index (Phi) is 32.7. The number of hydrogen-bond acceptors (Lipinski definition) is 18. The van der Waals surface area contributed by atoms with Gasteiger partial charge < -0.3 is 67.0 Å². The molecule has 2 unspecified atom stereocenters. The maximum absolute atomic E-state index is 14.5. The van der Waals surface area contributed by atoms with Crippen molar-refractivity contribution in [1.82, 2.24) is 56.8 Å². The number of aromatic hydroxyl groups is 1. The lowest BCUT2D eigenvalue weighted by atomic mass is 9.90. The molecule has 6 amide bonds. The van der Waals surface area contributed by atoms with E-state index >= 15 is 0 Å². The largest absolute Gasteiger partial charge is 0.508 e. The van der Waals surface area contributed by atoms with E-state index in [9.17, 15) is 63.6 Å². The highest BCUT2D eigenvalue weighted by Gasteiger charge is 2.29. The number of ether oxygens (including phenoxy) is 2. The number of hydrogen-bond donors (Lipinski definition) is 12. The van der Waals surface area contributed by atoms with Gasteiger partial charge in [0.1, 0.15) is 23.7 Å². The van der Waals surface area contributed by atoms with Crippen molar-refractivity contribution < 1.29 is 73.1 Å². The lowest BCUT2D eigenvalue weighted by molar-refractivity contribution is -0.140. The number of aliphatic carboxylic acids is 3. The number of unbranched alkanes of at least 4 members (excludes halogenated alkanes) is 1. The number of carboxylic acid groups (broad SMARTS) is 3. The Hall–Kier alpha value is -8.28. The van der Waals surface area contributed by atoms with Gasteiger partial charge in [-0.25, -0.2) is 4.79 Å². The second-order valence-electron chi connectivity index (χ2n) is 20.2. The Morgan fingerprint density at radius 1 is 0.651 bits per heavy atom. The Morgan fingerprint density at radius 2 is 1.26 bits per heavy atom. The molecule has 0 spiro atoms. The molecule has 0 bridgehead atoms. The van der Waals surface area contributed by atoms with E-state index in [0.29, 0.717) is 55.6 Å². The first kappa shape index (κ1) is 70.2. The summed E-state index contributed by atoms with van der Waals surface area (Å²) >= 11 is 0. The molecule has 0 radical (unpaired) electrons. The van der Waals surface area contributed by atoms with Crippen LogP contribution in [0.25, 0.3) is 0 Å². The summed E-state index contributed by atoms with van der Waals surface area (Å²) in [5.74, 6) is -4.88. The number of nitrogens with two attached hydrogens (primary N) is 1. The second kappa shape index (κ2) is 40.1. The number of carbonyl (C=O) groups is 9. The van der Waals surface area contributed by atoms with Gasteiger partial charge in [0.15, 0.2) is 12.2 Å². The average Bonchev–Trinajstić information content (AvgIpc) is 2.39. The van der Waals surface area contributed by atoms with Crippen molar-refractivity contribution in [3.8, 4) is 11.5 Å². The molecule has 1 saturated heterocycles. The van der Waals surface area contributed by atoms with Crippen LogP contribution in [0.5, 0.6) is 11.5 Å². The number of phenolic OH excluding ortho intramolecular Hbond substituents is 1. The molecular formula is C58H85N13O15.